The van der Waals surface area contributed by atoms with Gasteiger partial charge in [0.1, 0.15) is 5.54 Å². The van der Waals surface area contributed by atoms with Gasteiger partial charge in [0.25, 0.3) is 0 Å². The Bertz CT molecular complexity index is 878. The number of hydrogen-bond donors (Lipinski definition) is 3. The molecule has 3 aliphatic rings. The lowest BCUT2D eigenvalue weighted by Crippen LogP contribution is -2.57. The molecule has 1 aromatic rings. The van der Waals surface area contributed by atoms with E-state index < -0.39 is 35.1 Å². The number of aliphatic hydroxyl groups excluding tert-OH is 1. The van der Waals surface area contributed by atoms with Crippen molar-refractivity contribution in [2.24, 2.45) is 11.8 Å². The minimum absolute atomic E-state index is 0.343. The zero-order valence-corrected chi connectivity index (χ0v) is 17.1. The van der Waals surface area contributed by atoms with Crippen LogP contribution in [-0.4, -0.2) is 45.4 Å². The van der Waals surface area contributed by atoms with Gasteiger partial charge in [-0.05, 0) is 45.9 Å². The second-order valence-electron chi connectivity index (χ2n) is 8.55. The van der Waals surface area contributed by atoms with Gasteiger partial charge in [0.05, 0.1) is 17.9 Å². The maximum atomic E-state index is 13.4. The number of carbonyl (C=O) groups is 3. The molecule has 5 atom stereocenters. The van der Waals surface area contributed by atoms with E-state index in [-0.39, 0.29) is 17.7 Å². The smallest absolute Gasteiger partial charge is 0.250 e. The number of nitrogens with one attached hydrogen (secondary N) is 2. The molecule has 0 saturated carbocycles. The molecule has 5 unspecified atom stereocenters. The van der Waals surface area contributed by atoms with Crippen molar-refractivity contribution in [2.45, 2.75) is 50.9 Å². The van der Waals surface area contributed by atoms with Crippen molar-refractivity contribution in [1.82, 2.24) is 10.2 Å². The van der Waals surface area contributed by atoms with E-state index in [1.54, 1.807) is 45.9 Å². The van der Waals surface area contributed by atoms with E-state index in [2.05, 4.69) is 26.6 Å². The molecule has 3 heterocycles. The molecule has 2 fully saturated rings. The molecule has 27 heavy (non-hydrogen) atoms. The van der Waals surface area contributed by atoms with Crippen LogP contribution in [0.25, 0.3) is 0 Å². The normalized spacial score (nSPS) is 33.5. The highest BCUT2D eigenvalue weighted by molar-refractivity contribution is 9.10. The lowest BCUT2D eigenvalue weighted by molar-refractivity contribution is -0.148. The summed E-state index contributed by atoms with van der Waals surface area (Å²) < 4.78 is 0.764. The van der Waals surface area contributed by atoms with Gasteiger partial charge in [-0.25, -0.2) is 0 Å². The van der Waals surface area contributed by atoms with E-state index in [0.717, 1.165) is 4.47 Å². The minimum atomic E-state index is -1.38. The van der Waals surface area contributed by atoms with Gasteiger partial charge in [-0.1, -0.05) is 15.9 Å². The summed E-state index contributed by atoms with van der Waals surface area (Å²) in [4.78, 5) is 41.0. The number of amides is 3. The van der Waals surface area contributed by atoms with Crippen molar-refractivity contribution >= 4 is 39.3 Å². The molecule has 8 heteroatoms. The number of likely N-dealkylation sites (tertiary alicyclic amines) is 1. The maximum Gasteiger partial charge on any atom is 0.250 e. The molecule has 2 saturated heterocycles. The summed E-state index contributed by atoms with van der Waals surface area (Å²) in [5, 5.41) is 16.4. The second kappa shape index (κ2) is 5.62. The van der Waals surface area contributed by atoms with Crippen LogP contribution in [0.3, 0.4) is 0 Å². The third-order valence-electron chi connectivity index (χ3n) is 5.80. The van der Waals surface area contributed by atoms with Gasteiger partial charge in [-0.2, -0.15) is 0 Å². The highest BCUT2D eigenvalue weighted by Gasteiger charge is 2.71. The zero-order valence-electron chi connectivity index (χ0n) is 15.5. The van der Waals surface area contributed by atoms with Gasteiger partial charge in [-0.3, -0.25) is 24.6 Å². The van der Waals surface area contributed by atoms with Gasteiger partial charge < -0.3 is 10.4 Å². The highest BCUT2D eigenvalue weighted by Crippen LogP contribution is 2.54. The van der Waals surface area contributed by atoms with Crippen LogP contribution in [0.2, 0.25) is 0 Å². The van der Waals surface area contributed by atoms with Gasteiger partial charge in [0.15, 0.2) is 0 Å². The minimum Gasteiger partial charge on any atom is -0.392 e. The fraction of sp³-hybridized carbons (Fsp3) is 0.526. The molecule has 144 valence electrons. The zero-order chi connectivity index (χ0) is 19.9. The van der Waals surface area contributed by atoms with Gasteiger partial charge in [0.2, 0.25) is 17.7 Å². The molecule has 1 aromatic carbocycles. The van der Waals surface area contributed by atoms with Crippen molar-refractivity contribution in [2.75, 3.05) is 5.32 Å². The summed E-state index contributed by atoms with van der Waals surface area (Å²) >= 11 is 3.42. The Balaban J connectivity index is 1.95. The Hall–Kier alpha value is -1.77. The quantitative estimate of drug-likeness (QED) is 0.578. The van der Waals surface area contributed by atoms with Crippen molar-refractivity contribution in [1.29, 1.82) is 0 Å². The van der Waals surface area contributed by atoms with E-state index in [1.165, 1.54) is 4.90 Å². The van der Waals surface area contributed by atoms with Crippen molar-refractivity contribution in [3.63, 3.8) is 0 Å². The summed E-state index contributed by atoms with van der Waals surface area (Å²) in [5.41, 5.74) is -0.858. The van der Waals surface area contributed by atoms with E-state index in [4.69, 9.17) is 0 Å². The van der Waals surface area contributed by atoms with Crippen LogP contribution in [0.15, 0.2) is 22.7 Å². The van der Waals surface area contributed by atoms with E-state index >= 15 is 0 Å². The molecule has 0 bridgehead atoms. The summed E-state index contributed by atoms with van der Waals surface area (Å²) in [6.07, 6.45) is -0.905. The van der Waals surface area contributed by atoms with Gasteiger partial charge in [0, 0.05) is 27.3 Å². The number of anilines is 1. The molecule has 0 radical (unpaired) electrons. The average molecular weight is 436 g/mol. The number of carbonyl (C=O) groups excluding carboxylic acids is 3. The molecule has 0 aliphatic carbocycles. The number of hydrogen-bond acceptors (Lipinski definition) is 5. The molecular weight excluding hydrogens is 414 g/mol. The first-order valence-electron chi connectivity index (χ1n) is 8.95. The largest absolute Gasteiger partial charge is 0.392 e. The van der Waals surface area contributed by atoms with E-state index in [0.29, 0.717) is 11.3 Å². The summed E-state index contributed by atoms with van der Waals surface area (Å²) in [6, 6.07) is 4.66. The predicted octanol–water partition coefficient (Wildman–Crippen LogP) is 1.35. The third-order valence-corrected chi connectivity index (χ3v) is 6.30. The molecule has 3 N–H and O–H groups in total. The standard InChI is InChI=1S/C19H22BrN3O4/c1-8(24)14-12-13(16(26)23(15(12)25)18(2,3)4)19(22-14)10-7-9(20)5-6-11(10)21-17(19)27/h5-8,12-14,22,24H,1-4H3,(H,21,27). The molecule has 3 amide bonds. The monoisotopic (exact) mass is 435 g/mol. The fourth-order valence-electron chi connectivity index (χ4n) is 4.78. The number of benzene rings is 1. The van der Waals surface area contributed by atoms with Crippen molar-refractivity contribution in [3.05, 3.63) is 28.2 Å². The van der Waals surface area contributed by atoms with Crippen LogP contribution in [0.4, 0.5) is 5.69 Å². The molecule has 1 spiro atoms. The van der Waals surface area contributed by atoms with E-state index in [9.17, 15) is 19.5 Å². The van der Waals surface area contributed by atoms with Crippen LogP contribution in [0.5, 0.6) is 0 Å². The van der Waals surface area contributed by atoms with Crippen molar-refractivity contribution < 1.29 is 19.5 Å². The van der Waals surface area contributed by atoms with Gasteiger partial charge >= 0.3 is 0 Å². The number of nitrogens with zero attached hydrogens (tertiary/aromatic N) is 1. The Morgan fingerprint density at radius 2 is 1.89 bits per heavy atom. The van der Waals surface area contributed by atoms with Crippen LogP contribution < -0.4 is 10.6 Å². The molecule has 7 nitrogen and oxygen atoms in total. The topological polar surface area (TPSA) is 98.7 Å². The predicted molar refractivity (Wildman–Crippen MR) is 102 cm³/mol. The Labute approximate surface area is 165 Å². The lowest BCUT2D eigenvalue weighted by atomic mass is 9.76. The average Bonchev–Trinajstić information content (AvgIpc) is 3.13. The maximum absolute atomic E-state index is 13.4. The second-order valence-corrected chi connectivity index (χ2v) is 9.46. The molecule has 4 rings (SSSR count). The number of rotatable bonds is 1. The molecule has 3 aliphatic heterocycles. The third kappa shape index (κ3) is 2.30. The van der Waals surface area contributed by atoms with E-state index in [1.807, 2.05) is 0 Å². The molecule has 0 aromatic heterocycles. The SMILES string of the molecule is CC(O)C1NC2(C(=O)Nc3ccc(Br)cc32)C2C(=O)N(C(C)(C)C)C(=O)C12. The van der Waals surface area contributed by atoms with Crippen LogP contribution >= 0.6 is 15.9 Å². The fourth-order valence-corrected chi connectivity index (χ4v) is 5.14. The first kappa shape index (κ1) is 18.6. The number of imide groups is 1. The molecular formula is C19H22BrN3O4. The van der Waals surface area contributed by atoms with Crippen LogP contribution in [0, 0.1) is 11.8 Å². The van der Waals surface area contributed by atoms with Crippen LogP contribution in [0.1, 0.15) is 33.3 Å². The summed E-state index contributed by atoms with van der Waals surface area (Å²) in [5.74, 6) is -2.79. The van der Waals surface area contributed by atoms with Crippen molar-refractivity contribution in [3.8, 4) is 0 Å². The Kier molecular flexibility index (Phi) is 3.87. The van der Waals surface area contributed by atoms with Gasteiger partial charge in [-0.15, -0.1) is 0 Å². The first-order chi connectivity index (χ1) is 12.5. The first-order valence-corrected chi connectivity index (χ1v) is 9.74. The summed E-state index contributed by atoms with van der Waals surface area (Å²) in [7, 11) is 0. The summed E-state index contributed by atoms with van der Waals surface area (Å²) in [6.45, 7) is 6.95. The lowest BCUT2D eigenvalue weighted by Gasteiger charge is -2.35. The van der Waals surface area contributed by atoms with Crippen LogP contribution in [-0.2, 0) is 19.9 Å². The highest BCUT2D eigenvalue weighted by atomic mass is 79.9. The number of aliphatic hydroxyl groups is 1. The number of halogens is 1. The Morgan fingerprint density at radius 3 is 2.48 bits per heavy atom. The Morgan fingerprint density at radius 1 is 1.22 bits per heavy atom. The number of fused-ring (bicyclic) bond motifs is 4.